The fourth-order valence-corrected chi connectivity index (χ4v) is 7.18. The van der Waals surface area contributed by atoms with E-state index in [1.54, 1.807) is 0 Å². The predicted molar refractivity (Wildman–Crippen MR) is 188 cm³/mol. The first-order valence-electron chi connectivity index (χ1n) is 16.6. The molecule has 0 spiro atoms. The van der Waals surface area contributed by atoms with E-state index in [4.69, 9.17) is 4.99 Å². The molecule has 0 amide bonds. The van der Waals surface area contributed by atoms with Crippen LogP contribution >= 0.6 is 0 Å². The molecule has 5 aromatic rings. The summed E-state index contributed by atoms with van der Waals surface area (Å²) in [6.45, 7) is 2.15. The molecule has 1 aliphatic carbocycles. The van der Waals surface area contributed by atoms with Crippen LogP contribution in [-0.2, 0) is 0 Å². The molecule has 0 atom stereocenters. The van der Waals surface area contributed by atoms with E-state index in [0.29, 0.717) is 0 Å². The second-order valence-corrected chi connectivity index (χ2v) is 12.7. The van der Waals surface area contributed by atoms with Gasteiger partial charge in [-0.25, -0.2) is 4.99 Å². The first-order chi connectivity index (χ1) is 21.7. The lowest BCUT2D eigenvalue weighted by molar-refractivity contribution is 0.330. The standard InChI is InChI=1S/C42H42N2/c1-30-25-27-34(28-26-30)40-35-22-13-14-23-36(35)41(44-40)37(24-12-11-17-31-15-5-2-6-16-31)42-38(32-18-7-3-8-19-32)29-39(43-42)33-20-9-4-10-21-33/h3-4,7-10,13-14,18-23,25-29,31,44H,2,5-6,11-12,15-17,24H2,1H3/b42-37-. The van der Waals surface area contributed by atoms with Gasteiger partial charge in [-0.1, -0.05) is 160 Å². The number of nitrogens with one attached hydrogen (secondary N) is 1. The molecule has 1 saturated carbocycles. The second kappa shape index (κ2) is 13.1. The highest BCUT2D eigenvalue weighted by Gasteiger charge is 2.25. The van der Waals surface area contributed by atoms with E-state index >= 15 is 0 Å². The van der Waals surface area contributed by atoms with Crippen molar-refractivity contribution in [2.75, 3.05) is 0 Å². The molecule has 7 rings (SSSR count). The van der Waals surface area contributed by atoms with Gasteiger partial charge in [0.15, 0.2) is 0 Å². The number of aryl methyl sites for hydroxylation is 1. The molecule has 2 heterocycles. The molecule has 2 nitrogen and oxygen atoms in total. The lowest BCUT2D eigenvalue weighted by Gasteiger charge is -2.21. The van der Waals surface area contributed by atoms with Crippen LogP contribution in [0.5, 0.6) is 0 Å². The fraction of sp³-hybridized carbons (Fsp3) is 0.262. The topological polar surface area (TPSA) is 28.1 Å². The van der Waals surface area contributed by atoms with Crippen LogP contribution in [0.1, 0.15) is 80.2 Å². The molecule has 0 bridgehead atoms. The molecule has 0 saturated heterocycles. The van der Waals surface area contributed by atoms with Crippen LogP contribution in [-0.4, -0.2) is 10.7 Å². The average molecular weight is 575 g/mol. The molecule has 1 aliphatic heterocycles. The van der Waals surface area contributed by atoms with Crippen molar-refractivity contribution in [3.8, 4) is 11.3 Å². The van der Waals surface area contributed by atoms with Crippen LogP contribution in [0, 0.1) is 12.8 Å². The van der Waals surface area contributed by atoms with Crippen molar-refractivity contribution in [2.45, 2.75) is 64.7 Å². The van der Waals surface area contributed by atoms with Crippen molar-refractivity contribution in [1.29, 1.82) is 0 Å². The van der Waals surface area contributed by atoms with Gasteiger partial charge in [0.25, 0.3) is 0 Å². The number of nitrogens with zero attached hydrogens (tertiary/aromatic N) is 1. The summed E-state index contributed by atoms with van der Waals surface area (Å²) in [6.07, 6.45) is 14.2. The Kier molecular flexibility index (Phi) is 8.41. The SMILES string of the molecule is Cc1ccc(-c2[nH]c(/C(CCCCC3CCCCC3)=C3\N=C(c4ccccc4)C=C3c3ccccc3)c3ccccc23)cc1. The summed E-state index contributed by atoms with van der Waals surface area (Å²) in [5.74, 6) is 0.910. The van der Waals surface area contributed by atoms with Gasteiger partial charge in [-0.2, -0.15) is 0 Å². The minimum absolute atomic E-state index is 0.910. The Morgan fingerprint density at radius 2 is 1.34 bits per heavy atom. The highest BCUT2D eigenvalue weighted by molar-refractivity contribution is 6.19. The number of rotatable bonds is 9. The van der Waals surface area contributed by atoms with Gasteiger partial charge in [-0.3, -0.25) is 0 Å². The number of aromatic nitrogens is 1. The van der Waals surface area contributed by atoms with Gasteiger partial charge in [-0.15, -0.1) is 0 Å². The van der Waals surface area contributed by atoms with Crippen LogP contribution in [0.25, 0.3) is 33.2 Å². The van der Waals surface area contributed by atoms with E-state index in [0.717, 1.165) is 29.3 Å². The Hall–Kier alpha value is -4.43. The average Bonchev–Trinajstić information content (AvgIpc) is 3.70. The van der Waals surface area contributed by atoms with Crippen molar-refractivity contribution in [1.82, 2.24) is 4.98 Å². The first kappa shape index (κ1) is 28.3. The van der Waals surface area contributed by atoms with Crippen molar-refractivity contribution in [2.24, 2.45) is 10.9 Å². The molecule has 1 N–H and O–H groups in total. The summed E-state index contributed by atoms with van der Waals surface area (Å²) in [7, 11) is 0. The number of aromatic amines is 1. The number of benzene rings is 4. The van der Waals surface area contributed by atoms with Gasteiger partial charge in [0, 0.05) is 27.5 Å². The second-order valence-electron chi connectivity index (χ2n) is 12.7. The van der Waals surface area contributed by atoms with E-state index < -0.39 is 0 Å². The number of hydrogen-bond donors (Lipinski definition) is 1. The van der Waals surface area contributed by atoms with Crippen LogP contribution in [0.3, 0.4) is 0 Å². The van der Waals surface area contributed by atoms with Gasteiger partial charge >= 0.3 is 0 Å². The van der Waals surface area contributed by atoms with E-state index in [1.807, 2.05) is 0 Å². The molecule has 0 radical (unpaired) electrons. The zero-order valence-corrected chi connectivity index (χ0v) is 25.9. The number of fused-ring (bicyclic) bond motifs is 1. The maximum absolute atomic E-state index is 5.45. The molecule has 44 heavy (non-hydrogen) atoms. The monoisotopic (exact) mass is 574 g/mol. The molecule has 1 fully saturated rings. The molecule has 220 valence electrons. The zero-order valence-electron chi connectivity index (χ0n) is 25.9. The molecular formula is C42H42N2. The van der Waals surface area contributed by atoms with Crippen molar-refractivity contribution in [3.63, 3.8) is 0 Å². The molecular weight excluding hydrogens is 532 g/mol. The van der Waals surface area contributed by atoms with Gasteiger partial charge in [0.1, 0.15) is 0 Å². The number of aliphatic imine (C=N–C) groups is 1. The maximum Gasteiger partial charge on any atom is 0.0769 e. The normalized spacial score (nSPS) is 16.7. The summed E-state index contributed by atoms with van der Waals surface area (Å²) >= 11 is 0. The van der Waals surface area contributed by atoms with Crippen molar-refractivity contribution < 1.29 is 0 Å². The Morgan fingerprint density at radius 3 is 2.07 bits per heavy atom. The molecule has 4 aromatic carbocycles. The van der Waals surface area contributed by atoms with Gasteiger partial charge in [-0.05, 0) is 42.9 Å². The maximum atomic E-state index is 5.45. The van der Waals surface area contributed by atoms with Crippen LogP contribution in [0.4, 0.5) is 0 Å². The van der Waals surface area contributed by atoms with E-state index in [-0.39, 0.29) is 0 Å². The summed E-state index contributed by atoms with van der Waals surface area (Å²) < 4.78 is 0. The first-order valence-corrected chi connectivity index (χ1v) is 16.6. The Labute approximate surface area is 262 Å². The lowest BCUT2D eigenvalue weighted by Crippen LogP contribution is -2.05. The third kappa shape index (κ3) is 5.99. The minimum atomic E-state index is 0.910. The molecule has 2 aliphatic rings. The van der Waals surface area contributed by atoms with Gasteiger partial charge in [0.2, 0.25) is 0 Å². The Morgan fingerprint density at radius 1 is 0.682 bits per heavy atom. The fourth-order valence-electron chi connectivity index (χ4n) is 7.18. The van der Waals surface area contributed by atoms with Crippen LogP contribution < -0.4 is 0 Å². The van der Waals surface area contributed by atoms with Gasteiger partial charge in [0.05, 0.1) is 22.8 Å². The molecule has 2 heteroatoms. The van der Waals surface area contributed by atoms with Crippen molar-refractivity contribution >= 4 is 27.6 Å². The van der Waals surface area contributed by atoms with Crippen LogP contribution in [0.2, 0.25) is 0 Å². The zero-order chi connectivity index (χ0) is 29.7. The van der Waals surface area contributed by atoms with E-state index in [9.17, 15) is 0 Å². The number of allylic oxidation sites excluding steroid dienone is 3. The number of hydrogen-bond acceptors (Lipinski definition) is 1. The third-order valence-electron chi connectivity index (χ3n) is 9.58. The summed E-state index contributed by atoms with van der Waals surface area (Å²) in [5, 5.41) is 2.54. The van der Waals surface area contributed by atoms with Crippen LogP contribution in [0.15, 0.2) is 126 Å². The third-order valence-corrected chi connectivity index (χ3v) is 9.58. The molecule has 0 unspecified atom stereocenters. The predicted octanol–water partition coefficient (Wildman–Crippen LogP) is 11.6. The number of H-pyrrole nitrogens is 1. The Bertz CT molecular complexity index is 1810. The number of unbranched alkanes of at least 4 members (excludes halogenated alkanes) is 1. The highest BCUT2D eigenvalue weighted by Crippen LogP contribution is 2.42. The smallest absolute Gasteiger partial charge is 0.0769 e. The lowest BCUT2D eigenvalue weighted by atomic mass is 9.85. The minimum Gasteiger partial charge on any atom is -0.354 e. The quantitative estimate of drug-likeness (QED) is 0.170. The summed E-state index contributed by atoms with van der Waals surface area (Å²) in [5.41, 5.74) is 11.9. The summed E-state index contributed by atoms with van der Waals surface area (Å²) in [4.78, 5) is 9.41. The van der Waals surface area contributed by atoms with E-state index in [1.165, 1.54) is 101 Å². The highest BCUT2D eigenvalue weighted by atomic mass is 14.8. The van der Waals surface area contributed by atoms with Gasteiger partial charge < -0.3 is 4.98 Å². The largest absolute Gasteiger partial charge is 0.354 e. The Balaban J connectivity index is 1.37. The summed E-state index contributed by atoms with van der Waals surface area (Å²) in [6, 6.07) is 39.2. The van der Waals surface area contributed by atoms with E-state index in [2.05, 4.69) is 127 Å². The van der Waals surface area contributed by atoms with Crippen molar-refractivity contribution in [3.05, 3.63) is 143 Å². The molecule has 1 aromatic heterocycles.